The standard InChI is InChI=1S/C15H22N2/c1-15(2,3)12-9-17(10-12)13-4-5-14-11(8-13)6-7-16-14/h4-5,8,12,16H,6-7,9-10H2,1-3H3. The van der Waals surface area contributed by atoms with Gasteiger partial charge in [-0.05, 0) is 41.5 Å². The molecule has 1 aromatic carbocycles. The van der Waals surface area contributed by atoms with Crippen molar-refractivity contribution in [2.75, 3.05) is 29.9 Å². The summed E-state index contributed by atoms with van der Waals surface area (Å²) in [5.74, 6) is 0.842. The van der Waals surface area contributed by atoms with Crippen molar-refractivity contribution in [3.05, 3.63) is 23.8 Å². The molecule has 1 N–H and O–H groups in total. The van der Waals surface area contributed by atoms with Crippen LogP contribution < -0.4 is 10.2 Å². The van der Waals surface area contributed by atoms with Crippen molar-refractivity contribution in [3.63, 3.8) is 0 Å². The van der Waals surface area contributed by atoms with Gasteiger partial charge in [0.1, 0.15) is 0 Å². The molecule has 2 nitrogen and oxygen atoms in total. The number of anilines is 2. The molecular weight excluding hydrogens is 208 g/mol. The number of benzene rings is 1. The van der Waals surface area contributed by atoms with Crippen molar-refractivity contribution in [1.29, 1.82) is 0 Å². The van der Waals surface area contributed by atoms with Gasteiger partial charge in [0.25, 0.3) is 0 Å². The first kappa shape index (κ1) is 10.9. The summed E-state index contributed by atoms with van der Waals surface area (Å²) in [6.45, 7) is 10.6. The highest BCUT2D eigenvalue weighted by molar-refractivity contribution is 5.63. The van der Waals surface area contributed by atoms with Crippen molar-refractivity contribution in [1.82, 2.24) is 0 Å². The van der Waals surface area contributed by atoms with Gasteiger partial charge in [0, 0.05) is 31.0 Å². The Balaban J connectivity index is 1.71. The van der Waals surface area contributed by atoms with E-state index in [9.17, 15) is 0 Å². The van der Waals surface area contributed by atoms with Gasteiger partial charge in [0.05, 0.1) is 0 Å². The van der Waals surface area contributed by atoms with Crippen LogP contribution >= 0.6 is 0 Å². The molecule has 0 aromatic heterocycles. The normalized spacial score (nSPS) is 19.8. The number of nitrogens with zero attached hydrogens (tertiary/aromatic N) is 1. The third-order valence-corrected chi connectivity index (χ3v) is 4.27. The van der Waals surface area contributed by atoms with Crippen LogP contribution in [-0.4, -0.2) is 19.6 Å². The van der Waals surface area contributed by atoms with E-state index in [4.69, 9.17) is 0 Å². The summed E-state index contributed by atoms with van der Waals surface area (Å²) >= 11 is 0. The maximum atomic E-state index is 3.42. The second-order valence-corrected chi connectivity index (χ2v) is 6.49. The second-order valence-electron chi connectivity index (χ2n) is 6.49. The van der Waals surface area contributed by atoms with E-state index in [-0.39, 0.29) is 0 Å². The molecule has 0 radical (unpaired) electrons. The SMILES string of the molecule is CC(C)(C)C1CN(c2ccc3c(c2)CCN3)C1. The zero-order valence-electron chi connectivity index (χ0n) is 11.1. The lowest BCUT2D eigenvalue weighted by molar-refractivity contribution is 0.195. The average molecular weight is 230 g/mol. The molecule has 2 aliphatic heterocycles. The smallest absolute Gasteiger partial charge is 0.0375 e. The quantitative estimate of drug-likeness (QED) is 0.797. The fourth-order valence-corrected chi connectivity index (χ4v) is 2.73. The average Bonchev–Trinajstić information content (AvgIpc) is 2.59. The zero-order chi connectivity index (χ0) is 12.0. The minimum Gasteiger partial charge on any atom is -0.384 e. The second kappa shape index (κ2) is 3.66. The van der Waals surface area contributed by atoms with Crippen LogP contribution in [0.15, 0.2) is 18.2 Å². The Morgan fingerprint density at radius 2 is 2.00 bits per heavy atom. The Bertz CT molecular complexity index is 425. The summed E-state index contributed by atoms with van der Waals surface area (Å²) in [5.41, 5.74) is 4.69. The van der Waals surface area contributed by atoms with Gasteiger partial charge in [-0.15, -0.1) is 0 Å². The highest BCUT2D eigenvalue weighted by Gasteiger charge is 2.35. The number of hydrogen-bond donors (Lipinski definition) is 1. The summed E-state index contributed by atoms with van der Waals surface area (Å²) in [5, 5.41) is 3.42. The van der Waals surface area contributed by atoms with Gasteiger partial charge in [0.15, 0.2) is 0 Å². The summed E-state index contributed by atoms with van der Waals surface area (Å²) in [4.78, 5) is 2.51. The fraction of sp³-hybridized carbons (Fsp3) is 0.600. The van der Waals surface area contributed by atoms with E-state index in [1.54, 1.807) is 0 Å². The zero-order valence-corrected chi connectivity index (χ0v) is 11.1. The predicted molar refractivity (Wildman–Crippen MR) is 73.8 cm³/mol. The molecule has 0 saturated carbocycles. The van der Waals surface area contributed by atoms with Crippen molar-refractivity contribution in [2.24, 2.45) is 11.3 Å². The van der Waals surface area contributed by atoms with E-state index in [2.05, 4.69) is 49.2 Å². The van der Waals surface area contributed by atoms with Crippen molar-refractivity contribution in [3.8, 4) is 0 Å². The molecule has 1 saturated heterocycles. The van der Waals surface area contributed by atoms with Gasteiger partial charge in [-0.2, -0.15) is 0 Å². The van der Waals surface area contributed by atoms with Crippen LogP contribution in [0.1, 0.15) is 26.3 Å². The van der Waals surface area contributed by atoms with E-state index in [0.717, 1.165) is 12.5 Å². The van der Waals surface area contributed by atoms with E-state index in [0.29, 0.717) is 5.41 Å². The molecule has 0 amide bonds. The van der Waals surface area contributed by atoms with E-state index in [1.165, 1.54) is 36.4 Å². The van der Waals surface area contributed by atoms with Crippen molar-refractivity contribution >= 4 is 11.4 Å². The lowest BCUT2D eigenvalue weighted by Gasteiger charge is -2.47. The highest BCUT2D eigenvalue weighted by atomic mass is 15.2. The van der Waals surface area contributed by atoms with Crippen molar-refractivity contribution in [2.45, 2.75) is 27.2 Å². The molecule has 3 rings (SSSR count). The molecule has 2 heterocycles. The third kappa shape index (κ3) is 1.90. The Morgan fingerprint density at radius 3 is 2.71 bits per heavy atom. The molecule has 1 fully saturated rings. The first-order valence-electron chi connectivity index (χ1n) is 6.66. The van der Waals surface area contributed by atoms with Crippen LogP contribution in [0.25, 0.3) is 0 Å². The van der Waals surface area contributed by atoms with Crippen LogP contribution in [0.2, 0.25) is 0 Å². The summed E-state index contributed by atoms with van der Waals surface area (Å²) in [7, 11) is 0. The minimum absolute atomic E-state index is 0.453. The largest absolute Gasteiger partial charge is 0.384 e. The molecule has 92 valence electrons. The molecule has 0 atom stereocenters. The van der Waals surface area contributed by atoms with Crippen molar-refractivity contribution < 1.29 is 0 Å². The molecule has 1 aromatic rings. The number of rotatable bonds is 1. The molecule has 0 bridgehead atoms. The first-order chi connectivity index (χ1) is 8.04. The highest BCUT2D eigenvalue weighted by Crippen LogP contribution is 2.37. The molecule has 17 heavy (non-hydrogen) atoms. The summed E-state index contributed by atoms with van der Waals surface area (Å²) < 4.78 is 0. The van der Waals surface area contributed by atoms with Crippen LogP contribution in [-0.2, 0) is 6.42 Å². The lowest BCUT2D eigenvalue weighted by Crippen LogP contribution is -2.52. The summed E-state index contributed by atoms with van der Waals surface area (Å²) in [6, 6.07) is 6.87. The van der Waals surface area contributed by atoms with Gasteiger partial charge >= 0.3 is 0 Å². The Hall–Kier alpha value is -1.18. The minimum atomic E-state index is 0.453. The van der Waals surface area contributed by atoms with Crippen LogP contribution in [0.3, 0.4) is 0 Å². The Labute approximate surface area is 104 Å². The maximum absolute atomic E-state index is 3.42. The van der Waals surface area contributed by atoms with Gasteiger partial charge in [-0.3, -0.25) is 0 Å². The lowest BCUT2D eigenvalue weighted by atomic mass is 9.76. The summed E-state index contributed by atoms with van der Waals surface area (Å²) in [6.07, 6.45) is 1.18. The Morgan fingerprint density at radius 1 is 1.24 bits per heavy atom. The van der Waals surface area contributed by atoms with Crippen LogP contribution in [0.4, 0.5) is 11.4 Å². The van der Waals surface area contributed by atoms with Gasteiger partial charge < -0.3 is 10.2 Å². The molecule has 0 unspecified atom stereocenters. The topological polar surface area (TPSA) is 15.3 Å². The van der Waals surface area contributed by atoms with Crippen LogP contribution in [0, 0.1) is 11.3 Å². The molecular formula is C15H22N2. The molecule has 0 spiro atoms. The molecule has 2 heteroatoms. The number of fused-ring (bicyclic) bond motifs is 1. The van der Waals surface area contributed by atoms with Crippen LogP contribution in [0.5, 0.6) is 0 Å². The monoisotopic (exact) mass is 230 g/mol. The fourth-order valence-electron chi connectivity index (χ4n) is 2.73. The van der Waals surface area contributed by atoms with E-state index < -0.39 is 0 Å². The molecule has 2 aliphatic rings. The third-order valence-electron chi connectivity index (χ3n) is 4.27. The Kier molecular flexibility index (Phi) is 2.35. The first-order valence-corrected chi connectivity index (χ1v) is 6.66. The number of hydrogen-bond acceptors (Lipinski definition) is 2. The predicted octanol–water partition coefficient (Wildman–Crippen LogP) is 3.14. The number of nitrogens with one attached hydrogen (secondary N) is 1. The molecule has 0 aliphatic carbocycles. The van der Waals surface area contributed by atoms with Gasteiger partial charge in [0.2, 0.25) is 0 Å². The van der Waals surface area contributed by atoms with E-state index in [1.807, 2.05) is 0 Å². The van der Waals surface area contributed by atoms with Gasteiger partial charge in [-0.1, -0.05) is 20.8 Å². The van der Waals surface area contributed by atoms with E-state index >= 15 is 0 Å². The maximum Gasteiger partial charge on any atom is 0.0375 e. The van der Waals surface area contributed by atoms with Gasteiger partial charge in [-0.25, -0.2) is 0 Å².